The number of carbonyl (C=O) groups is 1. The molecule has 0 saturated carbocycles. The van der Waals surface area contributed by atoms with Crippen LogP contribution in [0.2, 0.25) is 0 Å². The Morgan fingerprint density at radius 3 is 2.76 bits per heavy atom. The van der Waals surface area contributed by atoms with Gasteiger partial charge in [0.25, 0.3) is 0 Å². The minimum absolute atomic E-state index is 0.00838. The summed E-state index contributed by atoms with van der Waals surface area (Å²) in [5.74, 6) is -0.0107. The van der Waals surface area contributed by atoms with Gasteiger partial charge in [0.2, 0.25) is 15.9 Å². The second-order valence-corrected chi connectivity index (χ2v) is 6.73. The molecule has 0 aromatic rings. The third kappa shape index (κ3) is 2.97. The average molecular weight is 261 g/mol. The third-order valence-corrected chi connectivity index (χ3v) is 5.31. The van der Waals surface area contributed by atoms with E-state index in [4.69, 9.17) is 0 Å². The number of hydrogen-bond donors (Lipinski definition) is 1. The first-order valence-electron chi connectivity index (χ1n) is 5.94. The molecule has 6 nitrogen and oxygen atoms in total. The SMILES string of the molecule is CN1CCN(S(=O)(=O)CC2CCCN2)CC1=O. The molecular formula is C10H19N3O3S. The van der Waals surface area contributed by atoms with Crippen LogP contribution in [0.5, 0.6) is 0 Å². The fourth-order valence-corrected chi connectivity index (χ4v) is 3.90. The molecule has 2 aliphatic rings. The van der Waals surface area contributed by atoms with Gasteiger partial charge < -0.3 is 10.2 Å². The normalized spacial score (nSPS) is 27.7. The smallest absolute Gasteiger partial charge is 0.237 e. The van der Waals surface area contributed by atoms with E-state index in [1.54, 1.807) is 11.9 Å². The van der Waals surface area contributed by atoms with E-state index in [-0.39, 0.29) is 24.2 Å². The fourth-order valence-electron chi connectivity index (χ4n) is 2.23. The van der Waals surface area contributed by atoms with Gasteiger partial charge in [-0.15, -0.1) is 0 Å². The molecule has 0 bridgehead atoms. The molecule has 0 aromatic heterocycles. The van der Waals surface area contributed by atoms with Crippen LogP contribution < -0.4 is 5.32 Å². The summed E-state index contributed by atoms with van der Waals surface area (Å²) in [4.78, 5) is 13.1. The molecule has 1 atom stereocenters. The van der Waals surface area contributed by atoms with E-state index in [0.29, 0.717) is 13.1 Å². The number of amides is 1. The van der Waals surface area contributed by atoms with Crippen LogP contribution in [0.4, 0.5) is 0 Å². The first kappa shape index (κ1) is 12.8. The van der Waals surface area contributed by atoms with Crippen molar-refractivity contribution in [1.29, 1.82) is 0 Å². The molecule has 1 N–H and O–H groups in total. The molecule has 98 valence electrons. The zero-order valence-electron chi connectivity index (χ0n) is 10.1. The van der Waals surface area contributed by atoms with Crippen LogP contribution in [0.25, 0.3) is 0 Å². The van der Waals surface area contributed by atoms with Gasteiger partial charge in [0.15, 0.2) is 0 Å². The first-order chi connectivity index (χ1) is 7.99. The van der Waals surface area contributed by atoms with E-state index in [9.17, 15) is 13.2 Å². The highest BCUT2D eigenvalue weighted by Gasteiger charge is 2.32. The predicted molar refractivity (Wildman–Crippen MR) is 64.0 cm³/mol. The maximum Gasteiger partial charge on any atom is 0.237 e. The van der Waals surface area contributed by atoms with Gasteiger partial charge >= 0.3 is 0 Å². The van der Waals surface area contributed by atoms with Crippen molar-refractivity contribution < 1.29 is 13.2 Å². The van der Waals surface area contributed by atoms with E-state index in [0.717, 1.165) is 19.4 Å². The summed E-state index contributed by atoms with van der Waals surface area (Å²) in [6, 6.07) is 0.0507. The van der Waals surface area contributed by atoms with Gasteiger partial charge in [-0.05, 0) is 19.4 Å². The quantitative estimate of drug-likeness (QED) is 0.696. The number of piperazine rings is 1. The molecule has 2 aliphatic heterocycles. The zero-order chi connectivity index (χ0) is 12.5. The standard InChI is InChI=1S/C10H19N3O3S/c1-12-5-6-13(7-10(12)14)17(15,16)8-9-3-2-4-11-9/h9,11H,2-8H2,1H3. The first-order valence-corrected chi connectivity index (χ1v) is 7.55. The summed E-state index contributed by atoms with van der Waals surface area (Å²) in [7, 11) is -1.60. The molecule has 0 radical (unpaired) electrons. The second kappa shape index (κ2) is 4.91. The molecule has 17 heavy (non-hydrogen) atoms. The van der Waals surface area contributed by atoms with Gasteiger partial charge in [-0.1, -0.05) is 0 Å². The van der Waals surface area contributed by atoms with Crippen LogP contribution in [0.1, 0.15) is 12.8 Å². The topological polar surface area (TPSA) is 69.7 Å². The minimum atomic E-state index is -3.30. The van der Waals surface area contributed by atoms with Crippen LogP contribution in [0.15, 0.2) is 0 Å². The van der Waals surface area contributed by atoms with Gasteiger partial charge in [0, 0.05) is 26.2 Å². The molecular weight excluding hydrogens is 242 g/mol. The summed E-state index contributed by atoms with van der Waals surface area (Å²) in [5.41, 5.74) is 0. The lowest BCUT2D eigenvalue weighted by atomic mass is 10.3. The maximum atomic E-state index is 12.1. The van der Waals surface area contributed by atoms with Crippen molar-refractivity contribution in [1.82, 2.24) is 14.5 Å². The number of rotatable bonds is 3. The summed E-state index contributed by atoms with van der Waals surface area (Å²) in [6.07, 6.45) is 1.93. The highest BCUT2D eigenvalue weighted by Crippen LogP contribution is 2.13. The average Bonchev–Trinajstić information content (AvgIpc) is 2.73. The lowest BCUT2D eigenvalue weighted by molar-refractivity contribution is -0.132. The minimum Gasteiger partial charge on any atom is -0.343 e. The Morgan fingerprint density at radius 2 is 2.18 bits per heavy atom. The molecule has 2 heterocycles. The Balaban J connectivity index is 1.97. The second-order valence-electron chi connectivity index (χ2n) is 4.72. The van der Waals surface area contributed by atoms with Gasteiger partial charge in [-0.25, -0.2) is 8.42 Å². The van der Waals surface area contributed by atoms with Crippen molar-refractivity contribution >= 4 is 15.9 Å². The van der Waals surface area contributed by atoms with Crippen molar-refractivity contribution in [2.45, 2.75) is 18.9 Å². The lowest BCUT2D eigenvalue weighted by Gasteiger charge is -2.31. The van der Waals surface area contributed by atoms with E-state index in [2.05, 4.69) is 5.32 Å². The fraction of sp³-hybridized carbons (Fsp3) is 0.900. The largest absolute Gasteiger partial charge is 0.343 e. The van der Waals surface area contributed by atoms with Crippen molar-refractivity contribution in [3.8, 4) is 0 Å². The number of hydrogen-bond acceptors (Lipinski definition) is 4. The van der Waals surface area contributed by atoms with Crippen LogP contribution in [-0.2, 0) is 14.8 Å². The molecule has 0 aliphatic carbocycles. The Bertz CT molecular complexity index is 390. The number of likely N-dealkylation sites (N-methyl/N-ethyl adjacent to an activating group) is 1. The summed E-state index contributed by atoms with van der Waals surface area (Å²) in [5, 5.41) is 3.17. The lowest BCUT2D eigenvalue weighted by Crippen LogP contribution is -2.52. The van der Waals surface area contributed by atoms with Crippen LogP contribution in [0, 0.1) is 0 Å². The van der Waals surface area contributed by atoms with Gasteiger partial charge in [-0.3, -0.25) is 4.79 Å². The molecule has 0 aromatic carbocycles. The summed E-state index contributed by atoms with van der Waals surface area (Å²) in [6.45, 7) is 1.78. The Morgan fingerprint density at radius 1 is 1.41 bits per heavy atom. The van der Waals surface area contributed by atoms with E-state index < -0.39 is 10.0 Å². The molecule has 7 heteroatoms. The van der Waals surface area contributed by atoms with Crippen molar-refractivity contribution in [3.63, 3.8) is 0 Å². The summed E-state index contributed by atoms with van der Waals surface area (Å²) < 4.78 is 25.5. The third-order valence-electron chi connectivity index (χ3n) is 3.39. The number of nitrogens with zero attached hydrogens (tertiary/aromatic N) is 2. The van der Waals surface area contributed by atoms with Gasteiger partial charge in [0.1, 0.15) is 0 Å². The van der Waals surface area contributed by atoms with Crippen LogP contribution >= 0.6 is 0 Å². The highest BCUT2D eigenvalue weighted by atomic mass is 32.2. The Hall–Kier alpha value is -0.660. The maximum absolute atomic E-state index is 12.1. The predicted octanol–water partition coefficient (Wildman–Crippen LogP) is -1.16. The van der Waals surface area contributed by atoms with Gasteiger partial charge in [0.05, 0.1) is 12.3 Å². The molecule has 1 amide bonds. The van der Waals surface area contributed by atoms with E-state index in [1.165, 1.54) is 4.31 Å². The number of nitrogens with one attached hydrogen (secondary N) is 1. The molecule has 2 saturated heterocycles. The highest BCUT2D eigenvalue weighted by molar-refractivity contribution is 7.89. The Labute approximate surface area is 102 Å². The van der Waals surface area contributed by atoms with Crippen molar-refractivity contribution in [2.24, 2.45) is 0 Å². The van der Waals surface area contributed by atoms with E-state index >= 15 is 0 Å². The molecule has 2 fully saturated rings. The molecule has 2 rings (SSSR count). The van der Waals surface area contributed by atoms with Crippen LogP contribution in [-0.4, -0.2) is 68.6 Å². The van der Waals surface area contributed by atoms with Crippen molar-refractivity contribution in [3.05, 3.63) is 0 Å². The summed E-state index contributed by atoms with van der Waals surface area (Å²) >= 11 is 0. The monoisotopic (exact) mass is 261 g/mol. The van der Waals surface area contributed by atoms with Crippen molar-refractivity contribution in [2.75, 3.05) is 39.0 Å². The van der Waals surface area contributed by atoms with Crippen LogP contribution in [0.3, 0.4) is 0 Å². The molecule has 0 spiro atoms. The Kier molecular flexibility index (Phi) is 3.70. The zero-order valence-corrected chi connectivity index (χ0v) is 10.9. The molecule has 1 unspecified atom stereocenters. The van der Waals surface area contributed by atoms with E-state index in [1.807, 2.05) is 0 Å². The number of carbonyl (C=O) groups excluding carboxylic acids is 1. The van der Waals surface area contributed by atoms with Gasteiger partial charge in [-0.2, -0.15) is 4.31 Å². The number of sulfonamides is 1.